The molecule has 2 atom stereocenters. The highest BCUT2D eigenvalue weighted by molar-refractivity contribution is 6.37. The quantitative estimate of drug-likeness (QED) is 0.166. The zero-order valence-corrected chi connectivity index (χ0v) is 26.9. The van der Waals surface area contributed by atoms with Crippen LogP contribution in [0.2, 0.25) is 5.02 Å². The number of amides is 1. The Morgan fingerprint density at radius 3 is 2.77 bits per heavy atom. The number of carbonyl (C=O) groups is 1. The topological polar surface area (TPSA) is 88.3 Å². The Morgan fingerprint density at radius 1 is 1.17 bits per heavy atom. The number of hydrogen-bond acceptors (Lipinski definition) is 8. The fraction of sp³-hybridized carbons (Fsp3) is 0.400. The fourth-order valence-corrected chi connectivity index (χ4v) is 6.85. The van der Waals surface area contributed by atoms with Gasteiger partial charge in [-0.15, -0.1) is 0 Å². The number of likely N-dealkylation sites (tertiary alicyclic amines) is 1. The van der Waals surface area contributed by atoms with Gasteiger partial charge >= 0.3 is 6.01 Å². The van der Waals surface area contributed by atoms with Crippen molar-refractivity contribution in [2.75, 3.05) is 51.3 Å². The van der Waals surface area contributed by atoms with Gasteiger partial charge < -0.3 is 29.0 Å². The molecule has 0 bridgehead atoms. The van der Waals surface area contributed by atoms with Gasteiger partial charge in [-0.2, -0.15) is 9.97 Å². The van der Waals surface area contributed by atoms with Crippen molar-refractivity contribution in [2.45, 2.75) is 43.9 Å². The van der Waals surface area contributed by atoms with Gasteiger partial charge in [0.2, 0.25) is 12.5 Å². The lowest BCUT2D eigenvalue weighted by atomic mass is 10.00. The van der Waals surface area contributed by atoms with Gasteiger partial charge in [-0.05, 0) is 56.8 Å². The van der Waals surface area contributed by atoms with Crippen LogP contribution < -0.4 is 14.4 Å². The number of piperazine rings is 1. The standard InChI is InChI=1S/C35H35ClFN7O3/c1-4-28(45)44-16-15-43(19-23(44)17-38-2)34-26-18-39-31(25-9-5-7-21-10-13-27(37)30(36)29(21)25)33(47-24-11-12-24)32(26)40-35(41-34)46-20-22-8-6-14-42(22)3/h4-5,7,9-10,13,18,22-24H,1,6,8,11-12,14-17,19-20H2,3H3/t22-,23-/m0/s1. The van der Waals surface area contributed by atoms with Crippen molar-refractivity contribution in [3.63, 3.8) is 0 Å². The molecule has 3 fully saturated rings. The zero-order valence-electron chi connectivity index (χ0n) is 26.2. The van der Waals surface area contributed by atoms with E-state index >= 15 is 0 Å². The van der Waals surface area contributed by atoms with E-state index in [1.165, 1.54) is 12.1 Å². The predicted octanol–water partition coefficient (Wildman–Crippen LogP) is 5.77. The second kappa shape index (κ2) is 12.9. The number of pyridine rings is 1. The number of rotatable bonds is 9. The molecular formula is C35H35ClFN7O3. The molecule has 47 heavy (non-hydrogen) atoms. The summed E-state index contributed by atoms with van der Waals surface area (Å²) in [7, 11) is 2.09. The van der Waals surface area contributed by atoms with E-state index in [0.29, 0.717) is 65.4 Å². The molecule has 2 aromatic heterocycles. The van der Waals surface area contributed by atoms with Crippen LogP contribution in [0.4, 0.5) is 10.2 Å². The van der Waals surface area contributed by atoms with E-state index in [1.54, 1.807) is 17.2 Å². The summed E-state index contributed by atoms with van der Waals surface area (Å²) in [6.07, 6.45) is 6.92. The minimum absolute atomic E-state index is 0.00485. The van der Waals surface area contributed by atoms with Gasteiger partial charge in [-0.1, -0.05) is 42.4 Å². The minimum atomic E-state index is -0.516. The number of ether oxygens (including phenoxy) is 2. The lowest BCUT2D eigenvalue weighted by Gasteiger charge is -2.39. The Bertz CT molecular complexity index is 1910. The normalized spacial score (nSPS) is 20.0. The molecule has 4 aromatic rings. The van der Waals surface area contributed by atoms with Crippen molar-refractivity contribution < 1.29 is 18.7 Å². The van der Waals surface area contributed by atoms with Gasteiger partial charge in [-0.3, -0.25) is 9.78 Å². The second-order valence-electron chi connectivity index (χ2n) is 12.4. The van der Waals surface area contributed by atoms with E-state index in [4.69, 9.17) is 42.6 Å². The van der Waals surface area contributed by atoms with E-state index in [1.807, 2.05) is 18.2 Å². The Hall–Kier alpha value is -4.53. The molecule has 2 saturated heterocycles. The Morgan fingerprint density at radius 2 is 2.02 bits per heavy atom. The Labute approximate surface area is 277 Å². The fourth-order valence-electron chi connectivity index (χ4n) is 6.58. The number of fused-ring (bicyclic) bond motifs is 2. The average molecular weight is 656 g/mol. The summed E-state index contributed by atoms with van der Waals surface area (Å²) in [6, 6.07) is 8.80. The largest absolute Gasteiger partial charge is 0.486 e. The van der Waals surface area contributed by atoms with Crippen molar-refractivity contribution >= 4 is 45.0 Å². The molecule has 0 radical (unpaired) electrons. The summed E-state index contributed by atoms with van der Waals surface area (Å²) in [4.78, 5) is 37.1. The molecule has 2 aliphatic heterocycles. The molecule has 242 valence electrons. The molecular weight excluding hydrogens is 621 g/mol. The van der Waals surface area contributed by atoms with Crippen LogP contribution in [-0.2, 0) is 4.79 Å². The number of benzene rings is 2. The molecule has 1 saturated carbocycles. The summed E-state index contributed by atoms with van der Waals surface area (Å²) < 4.78 is 27.7. The summed E-state index contributed by atoms with van der Waals surface area (Å²) >= 11 is 6.57. The predicted molar refractivity (Wildman–Crippen MR) is 179 cm³/mol. The number of nitrogens with zero attached hydrogens (tertiary/aromatic N) is 7. The summed E-state index contributed by atoms with van der Waals surface area (Å²) in [5.74, 6) is 0.333. The lowest BCUT2D eigenvalue weighted by molar-refractivity contribution is -0.128. The first kappa shape index (κ1) is 31.1. The third-order valence-corrected chi connectivity index (χ3v) is 9.64. The first-order valence-corrected chi connectivity index (χ1v) is 16.3. The number of halogens is 2. The number of hydrogen-bond donors (Lipinski definition) is 0. The minimum Gasteiger partial charge on any atom is -0.486 e. The average Bonchev–Trinajstić information content (AvgIpc) is 3.82. The number of aromatic nitrogens is 3. The smallest absolute Gasteiger partial charge is 0.319 e. The molecule has 0 spiro atoms. The molecule has 7 rings (SSSR count). The summed E-state index contributed by atoms with van der Waals surface area (Å²) in [6.45, 7) is 14.0. The van der Waals surface area contributed by atoms with Crippen molar-refractivity contribution in [1.82, 2.24) is 24.8 Å². The third-order valence-electron chi connectivity index (χ3n) is 9.28. The highest BCUT2D eigenvalue weighted by Gasteiger charge is 2.35. The molecule has 3 aliphatic rings. The zero-order chi connectivity index (χ0) is 32.7. The Kier molecular flexibility index (Phi) is 8.55. The van der Waals surface area contributed by atoms with Crippen molar-refractivity contribution in [2.24, 2.45) is 0 Å². The molecule has 2 aromatic carbocycles. The van der Waals surface area contributed by atoms with E-state index in [2.05, 4.69) is 28.3 Å². The molecule has 0 N–H and O–H groups in total. The van der Waals surface area contributed by atoms with Crippen LogP contribution in [0.15, 0.2) is 49.2 Å². The van der Waals surface area contributed by atoms with E-state index in [9.17, 15) is 9.18 Å². The molecule has 0 unspecified atom stereocenters. The number of carbonyl (C=O) groups excluding carboxylic acids is 1. The van der Waals surface area contributed by atoms with Gasteiger partial charge in [-0.25, -0.2) is 11.0 Å². The van der Waals surface area contributed by atoms with Crippen LogP contribution >= 0.6 is 11.6 Å². The van der Waals surface area contributed by atoms with E-state index in [-0.39, 0.29) is 41.7 Å². The second-order valence-corrected chi connectivity index (χ2v) is 12.8. The lowest BCUT2D eigenvalue weighted by Crippen LogP contribution is -2.56. The van der Waals surface area contributed by atoms with Crippen LogP contribution in [0.25, 0.3) is 37.8 Å². The van der Waals surface area contributed by atoms with Gasteiger partial charge in [0.15, 0.2) is 5.75 Å². The van der Waals surface area contributed by atoms with Crippen LogP contribution in [0.3, 0.4) is 0 Å². The summed E-state index contributed by atoms with van der Waals surface area (Å²) in [5, 5.41) is 1.99. The van der Waals surface area contributed by atoms with E-state index in [0.717, 1.165) is 37.6 Å². The highest BCUT2D eigenvalue weighted by Crippen LogP contribution is 2.44. The maximum Gasteiger partial charge on any atom is 0.319 e. The number of likely N-dealkylation sites (N-methyl/N-ethyl adjacent to an activating group) is 1. The van der Waals surface area contributed by atoms with Crippen LogP contribution in [-0.4, -0.2) is 95.2 Å². The van der Waals surface area contributed by atoms with Crippen molar-refractivity contribution in [3.8, 4) is 23.0 Å². The Balaban J connectivity index is 1.39. The maximum absolute atomic E-state index is 14.8. The molecule has 1 amide bonds. The number of anilines is 1. The third kappa shape index (κ3) is 6.03. The molecule has 1 aliphatic carbocycles. The van der Waals surface area contributed by atoms with Crippen molar-refractivity contribution in [1.29, 1.82) is 0 Å². The van der Waals surface area contributed by atoms with Gasteiger partial charge in [0, 0.05) is 42.8 Å². The van der Waals surface area contributed by atoms with Gasteiger partial charge in [0.1, 0.15) is 35.5 Å². The first-order valence-electron chi connectivity index (χ1n) is 15.9. The monoisotopic (exact) mass is 655 g/mol. The SMILES string of the molecule is [C-]#[N+]C[C@H]1CN(c2nc(OC[C@@H]3CCCN3C)nc3c(OC4CC4)c(-c4cccc5ccc(F)c(Cl)c45)ncc23)CCN1C(=O)C=C. The van der Waals surface area contributed by atoms with E-state index < -0.39 is 5.82 Å². The highest BCUT2D eigenvalue weighted by atomic mass is 35.5. The van der Waals surface area contributed by atoms with Gasteiger partial charge in [0.25, 0.3) is 0 Å². The van der Waals surface area contributed by atoms with Crippen LogP contribution in [0.5, 0.6) is 11.8 Å². The molecule has 12 heteroatoms. The van der Waals surface area contributed by atoms with Crippen LogP contribution in [0.1, 0.15) is 25.7 Å². The van der Waals surface area contributed by atoms with Gasteiger partial charge in [0.05, 0.1) is 16.5 Å². The first-order chi connectivity index (χ1) is 22.9. The van der Waals surface area contributed by atoms with Crippen molar-refractivity contribution in [3.05, 3.63) is 71.4 Å². The molecule has 10 nitrogen and oxygen atoms in total. The maximum atomic E-state index is 14.8. The summed E-state index contributed by atoms with van der Waals surface area (Å²) in [5.41, 5.74) is 1.66. The molecule has 4 heterocycles. The van der Waals surface area contributed by atoms with Crippen LogP contribution in [0, 0.1) is 12.4 Å².